The molecule has 7 nitrogen and oxygen atoms in total. The van der Waals surface area contributed by atoms with Crippen LogP contribution in [0.4, 0.5) is 0 Å². The maximum Gasteiger partial charge on any atom is 0.343 e. The fourth-order valence-electron chi connectivity index (χ4n) is 4.75. The van der Waals surface area contributed by atoms with Crippen LogP contribution in [0.25, 0.3) is 11.3 Å². The molecule has 0 spiro atoms. The average molecular weight is 457 g/mol. The lowest BCUT2D eigenvalue weighted by molar-refractivity contribution is 0.0523. The van der Waals surface area contributed by atoms with Crippen molar-refractivity contribution in [3.63, 3.8) is 0 Å². The molecule has 4 rings (SSSR count). The Morgan fingerprint density at radius 1 is 1.24 bits per heavy atom. The van der Waals surface area contributed by atoms with Gasteiger partial charge in [-0.15, -0.1) is 0 Å². The molecule has 2 aliphatic rings. The molecule has 1 unspecified atom stereocenters. The molecule has 0 amide bonds. The summed E-state index contributed by atoms with van der Waals surface area (Å²) >= 11 is 0. The SMILES string of the molecule is CC.CCOC(=O)c1cn2c(cc1=O)-c1cc(C)c(OCCCO)cc1C1CCC(C)(C)N12. The molecule has 180 valence electrons. The standard InChI is InChI=1S/C24H30N2O5.C2H6/c1-5-30-23(29)18-14-25-20(13-21(18)28)16-11-15(2)22(31-10-6-9-27)12-17(16)19-7-8-24(3,4)26(19)25;1-2/h11-14,19,27H,5-10H2,1-4H3;1-2H3. The topological polar surface area (TPSA) is 81.0 Å². The molecule has 1 atom stereocenters. The van der Waals surface area contributed by atoms with Crippen LogP contribution in [0.2, 0.25) is 0 Å². The van der Waals surface area contributed by atoms with Gasteiger partial charge in [0.25, 0.3) is 0 Å². The van der Waals surface area contributed by atoms with Crippen molar-refractivity contribution in [2.24, 2.45) is 0 Å². The van der Waals surface area contributed by atoms with Gasteiger partial charge in [-0.3, -0.25) is 14.5 Å². The number of benzene rings is 1. The Balaban J connectivity index is 0.00000149. The third-order valence-electron chi connectivity index (χ3n) is 6.25. The number of esters is 1. The Morgan fingerprint density at radius 2 is 1.97 bits per heavy atom. The van der Waals surface area contributed by atoms with E-state index < -0.39 is 5.97 Å². The lowest BCUT2D eigenvalue weighted by Gasteiger charge is -2.44. The number of aliphatic hydroxyl groups is 1. The molecule has 0 radical (unpaired) electrons. The van der Waals surface area contributed by atoms with E-state index in [9.17, 15) is 9.59 Å². The second-order valence-corrected chi connectivity index (χ2v) is 8.84. The molecule has 1 aromatic heterocycles. The summed E-state index contributed by atoms with van der Waals surface area (Å²) in [4.78, 5) is 25.2. The quantitative estimate of drug-likeness (QED) is 0.514. The van der Waals surface area contributed by atoms with Gasteiger partial charge in [-0.2, -0.15) is 0 Å². The van der Waals surface area contributed by atoms with Gasteiger partial charge in [0.05, 0.1) is 30.5 Å². The van der Waals surface area contributed by atoms with Gasteiger partial charge < -0.3 is 14.6 Å². The Morgan fingerprint density at radius 3 is 2.64 bits per heavy atom. The zero-order valence-electron chi connectivity index (χ0n) is 20.6. The number of rotatable bonds is 6. The maximum absolute atomic E-state index is 12.8. The summed E-state index contributed by atoms with van der Waals surface area (Å²) in [6.45, 7) is 12.8. The molecule has 0 saturated carbocycles. The Hall–Kier alpha value is -2.80. The van der Waals surface area contributed by atoms with E-state index in [1.54, 1.807) is 19.2 Å². The highest BCUT2D eigenvalue weighted by atomic mass is 16.5. The van der Waals surface area contributed by atoms with Gasteiger partial charge in [-0.1, -0.05) is 13.8 Å². The predicted octanol–water partition coefficient (Wildman–Crippen LogP) is 4.35. The lowest BCUT2D eigenvalue weighted by Crippen LogP contribution is -2.50. The number of fused-ring (bicyclic) bond motifs is 6. The largest absolute Gasteiger partial charge is 0.493 e. The summed E-state index contributed by atoms with van der Waals surface area (Å²) in [6.07, 6.45) is 4.15. The van der Waals surface area contributed by atoms with Crippen molar-refractivity contribution < 1.29 is 19.4 Å². The van der Waals surface area contributed by atoms with Crippen LogP contribution in [0.3, 0.4) is 0 Å². The van der Waals surface area contributed by atoms with E-state index in [2.05, 4.69) is 31.0 Å². The molecule has 0 aliphatic carbocycles. The molecular weight excluding hydrogens is 420 g/mol. The van der Waals surface area contributed by atoms with Crippen LogP contribution in [0.1, 0.15) is 81.4 Å². The molecule has 1 saturated heterocycles. The number of hydrogen-bond donors (Lipinski definition) is 1. The maximum atomic E-state index is 12.8. The molecule has 2 aromatic rings. The van der Waals surface area contributed by atoms with E-state index in [1.807, 2.05) is 25.4 Å². The zero-order valence-corrected chi connectivity index (χ0v) is 20.6. The van der Waals surface area contributed by atoms with Crippen LogP contribution in [-0.4, -0.2) is 41.1 Å². The Kier molecular flexibility index (Phi) is 7.52. The normalized spacial score (nSPS) is 17.3. The van der Waals surface area contributed by atoms with Crippen LogP contribution in [0, 0.1) is 6.92 Å². The van der Waals surface area contributed by atoms with Crippen molar-refractivity contribution in [3.05, 3.63) is 51.3 Å². The van der Waals surface area contributed by atoms with E-state index >= 15 is 0 Å². The summed E-state index contributed by atoms with van der Waals surface area (Å²) in [7, 11) is 0. The van der Waals surface area contributed by atoms with Crippen LogP contribution in [0.5, 0.6) is 5.75 Å². The molecule has 0 bridgehead atoms. The van der Waals surface area contributed by atoms with Crippen molar-refractivity contribution in [1.82, 2.24) is 4.68 Å². The van der Waals surface area contributed by atoms with E-state index in [-0.39, 0.29) is 35.8 Å². The minimum atomic E-state index is -0.592. The number of hydrogen-bond acceptors (Lipinski definition) is 6. The minimum Gasteiger partial charge on any atom is -0.493 e. The van der Waals surface area contributed by atoms with Crippen molar-refractivity contribution in [1.29, 1.82) is 0 Å². The third-order valence-corrected chi connectivity index (χ3v) is 6.25. The highest BCUT2D eigenvalue weighted by Crippen LogP contribution is 2.49. The molecule has 2 aliphatic heterocycles. The van der Waals surface area contributed by atoms with Crippen molar-refractivity contribution >= 4 is 5.97 Å². The number of ether oxygens (including phenoxy) is 2. The molecule has 1 N–H and O–H groups in total. The number of aromatic nitrogens is 1. The van der Waals surface area contributed by atoms with E-state index in [1.165, 1.54) is 0 Å². The predicted molar refractivity (Wildman–Crippen MR) is 130 cm³/mol. The first-order chi connectivity index (χ1) is 15.8. The number of nitrogens with zero attached hydrogens (tertiary/aromatic N) is 2. The van der Waals surface area contributed by atoms with E-state index in [4.69, 9.17) is 14.6 Å². The van der Waals surface area contributed by atoms with Gasteiger partial charge in [0.15, 0.2) is 5.43 Å². The Bertz CT molecular complexity index is 1070. The molecule has 3 heterocycles. The number of carbonyl (C=O) groups is 1. The highest BCUT2D eigenvalue weighted by Gasteiger charge is 2.45. The lowest BCUT2D eigenvalue weighted by atomic mass is 9.92. The molecular formula is C26H36N2O5. The van der Waals surface area contributed by atoms with Crippen molar-refractivity contribution in [2.45, 2.75) is 72.4 Å². The number of aryl methyl sites for hydroxylation is 1. The van der Waals surface area contributed by atoms with Crippen LogP contribution >= 0.6 is 0 Å². The smallest absolute Gasteiger partial charge is 0.343 e. The molecule has 1 fully saturated rings. The van der Waals surface area contributed by atoms with Crippen molar-refractivity contribution in [3.8, 4) is 17.0 Å². The first-order valence-corrected chi connectivity index (χ1v) is 11.9. The van der Waals surface area contributed by atoms with Crippen molar-refractivity contribution in [2.75, 3.05) is 24.8 Å². The highest BCUT2D eigenvalue weighted by molar-refractivity contribution is 5.89. The first kappa shape index (κ1) is 24.8. The van der Waals surface area contributed by atoms with Gasteiger partial charge in [0.1, 0.15) is 11.3 Å². The van der Waals surface area contributed by atoms with Gasteiger partial charge >= 0.3 is 5.97 Å². The summed E-state index contributed by atoms with van der Waals surface area (Å²) in [5.41, 5.74) is 3.40. The monoisotopic (exact) mass is 456 g/mol. The fraction of sp³-hybridized carbons (Fsp3) is 0.538. The van der Waals surface area contributed by atoms with Crippen LogP contribution < -0.4 is 15.2 Å². The average Bonchev–Trinajstić information content (AvgIpc) is 3.11. The zero-order chi connectivity index (χ0) is 24.3. The molecule has 7 heteroatoms. The number of pyridine rings is 1. The number of aliphatic hydroxyl groups excluding tert-OH is 1. The molecule has 1 aromatic carbocycles. The van der Waals surface area contributed by atoms with Gasteiger partial charge in [-0.25, -0.2) is 4.79 Å². The van der Waals surface area contributed by atoms with Crippen LogP contribution in [0.15, 0.2) is 29.2 Å². The van der Waals surface area contributed by atoms with Gasteiger partial charge in [0, 0.05) is 30.9 Å². The fourth-order valence-corrected chi connectivity index (χ4v) is 4.75. The second kappa shape index (κ2) is 10.00. The second-order valence-electron chi connectivity index (χ2n) is 8.84. The summed E-state index contributed by atoms with van der Waals surface area (Å²) in [5.74, 6) is 0.210. The summed E-state index contributed by atoms with van der Waals surface area (Å²) < 4.78 is 13.0. The number of carbonyl (C=O) groups excluding carboxylic acids is 1. The minimum absolute atomic E-state index is 0.0520. The molecule has 33 heavy (non-hydrogen) atoms. The summed E-state index contributed by atoms with van der Waals surface area (Å²) in [5, 5.41) is 11.3. The van der Waals surface area contributed by atoms with Gasteiger partial charge in [-0.05, 0) is 63.8 Å². The van der Waals surface area contributed by atoms with Crippen LogP contribution in [-0.2, 0) is 4.74 Å². The Labute approximate surface area is 195 Å². The summed E-state index contributed by atoms with van der Waals surface area (Å²) in [6, 6.07) is 5.79. The first-order valence-electron chi connectivity index (χ1n) is 11.9. The third kappa shape index (κ3) is 4.51. The van der Waals surface area contributed by atoms with E-state index in [0.29, 0.717) is 13.0 Å². The van der Waals surface area contributed by atoms with Gasteiger partial charge in [0.2, 0.25) is 0 Å². The van der Waals surface area contributed by atoms with E-state index in [0.717, 1.165) is 41.0 Å².